The number of nitrogens with one attached hydrogen (secondary N) is 1. The van der Waals surface area contributed by atoms with Crippen molar-refractivity contribution in [1.82, 2.24) is 9.80 Å². The lowest BCUT2D eigenvalue weighted by Gasteiger charge is -2.51. The first-order chi connectivity index (χ1) is 14.2. The van der Waals surface area contributed by atoms with Crippen LogP contribution in [0.15, 0.2) is 24.3 Å². The number of hydrogen-bond acceptors (Lipinski definition) is 4. The van der Waals surface area contributed by atoms with Crippen LogP contribution in [0, 0.1) is 18.3 Å². The molecule has 0 radical (unpaired) electrons. The Labute approximate surface area is 175 Å². The molecule has 1 aromatic heterocycles. The Bertz CT molecular complexity index is 1090. The van der Waals surface area contributed by atoms with Gasteiger partial charge in [-0.3, -0.25) is 24.3 Å². The van der Waals surface area contributed by atoms with Crippen molar-refractivity contribution in [3.05, 3.63) is 35.4 Å². The molecule has 2 aromatic rings. The van der Waals surface area contributed by atoms with E-state index in [0.717, 1.165) is 57.0 Å². The van der Waals surface area contributed by atoms with Crippen molar-refractivity contribution >= 4 is 34.6 Å². The molecule has 4 amide bonds. The van der Waals surface area contributed by atoms with Gasteiger partial charge in [-0.15, -0.1) is 0 Å². The molecule has 1 spiro atoms. The molecule has 30 heavy (non-hydrogen) atoms. The second-order valence-corrected chi connectivity index (χ2v) is 9.23. The van der Waals surface area contributed by atoms with E-state index in [4.69, 9.17) is 0 Å². The van der Waals surface area contributed by atoms with Crippen LogP contribution in [-0.4, -0.2) is 54.3 Å². The van der Waals surface area contributed by atoms with Gasteiger partial charge >= 0.3 is 6.03 Å². The summed E-state index contributed by atoms with van der Waals surface area (Å²) in [7, 11) is 2.97. The van der Waals surface area contributed by atoms with Gasteiger partial charge in [-0.05, 0) is 43.9 Å². The number of piperidine rings is 1. The maximum atomic E-state index is 13.6. The summed E-state index contributed by atoms with van der Waals surface area (Å²) in [5.74, 6) is 0.641. The summed E-state index contributed by atoms with van der Waals surface area (Å²) in [5, 5.41) is 1.06. The molecule has 2 saturated heterocycles. The van der Waals surface area contributed by atoms with Gasteiger partial charge in [0.15, 0.2) is 5.41 Å². The SMILES string of the molecule is Cc1ccc2[nH+]c3c(cc2c1)CC1(C(=O)N(C)C(=O)N(C)C1=O)[C@H]1C[C@H](C)CCN31. The fourth-order valence-electron chi connectivity index (χ4n) is 5.59. The molecule has 1 N–H and O–H groups in total. The molecule has 3 aliphatic heterocycles. The first kappa shape index (κ1) is 19.0. The third-order valence-electron chi connectivity index (χ3n) is 7.23. The molecule has 0 bridgehead atoms. The highest BCUT2D eigenvalue weighted by atomic mass is 16.2. The van der Waals surface area contributed by atoms with Crippen LogP contribution in [0.3, 0.4) is 0 Å². The molecule has 7 heteroatoms. The highest BCUT2D eigenvalue weighted by Crippen LogP contribution is 2.48. The Morgan fingerprint density at radius 2 is 1.77 bits per heavy atom. The Morgan fingerprint density at radius 3 is 2.47 bits per heavy atom. The summed E-state index contributed by atoms with van der Waals surface area (Å²) < 4.78 is 0. The van der Waals surface area contributed by atoms with E-state index >= 15 is 0 Å². The second kappa shape index (κ2) is 6.27. The Balaban J connectivity index is 1.75. The van der Waals surface area contributed by atoms with Crippen molar-refractivity contribution in [2.24, 2.45) is 11.3 Å². The van der Waals surface area contributed by atoms with E-state index in [-0.39, 0.29) is 17.9 Å². The molecule has 0 aliphatic carbocycles. The fraction of sp³-hybridized carbons (Fsp3) is 0.478. The average molecular weight is 407 g/mol. The smallest absolute Gasteiger partial charge is 0.273 e. The van der Waals surface area contributed by atoms with Gasteiger partial charge in [0.2, 0.25) is 0 Å². The average Bonchev–Trinajstić information content (AvgIpc) is 2.73. The van der Waals surface area contributed by atoms with Crippen LogP contribution >= 0.6 is 0 Å². The zero-order valence-electron chi connectivity index (χ0n) is 17.9. The summed E-state index contributed by atoms with van der Waals surface area (Å²) in [6.45, 7) is 4.99. The Morgan fingerprint density at radius 1 is 1.07 bits per heavy atom. The first-order valence-electron chi connectivity index (χ1n) is 10.6. The van der Waals surface area contributed by atoms with Crippen molar-refractivity contribution in [2.75, 3.05) is 25.5 Å². The number of carbonyl (C=O) groups excluding carboxylic acids is 3. The van der Waals surface area contributed by atoms with Crippen molar-refractivity contribution in [1.29, 1.82) is 0 Å². The summed E-state index contributed by atoms with van der Waals surface area (Å²) in [4.78, 5) is 47.6. The predicted octanol–water partition coefficient (Wildman–Crippen LogP) is 2.16. The van der Waals surface area contributed by atoms with Crippen LogP contribution in [-0.2, 0) is 16.0 Å². The van der Waals surface area contributed by atoms with E-state index in [1.165, 1.54) is 14.1 Å². The number of nitrogens with zero attached hydrogens (tertiary/aromatic N) is 3. The van der Waals surface area contributed by atoms with Crippen LogP contribution in [0.2, 0.25) is 0 Å². The van der Waals surface area contributed by atoms with Crippen molar-refractivity contribution < 1.29 is 19.4 Å². The minimum Gasteiger partial charge on any atom is -0.273 e. The number of carbonyl (C=O) groups is 3. The van der Waals surface area contributed by atoms with Gasteiger partial charge in [-0.25, -0.2) is 9.78 Å². The summed E-state index contributed by atoms with van der Waals surface area (Å²) in [6.07, 6.45) is 2.04. The maximum absolute atomic E-state index is 13.6. The van der Waals surface area contributed by atoms with Gasteiger partial charge in [0.05, 0.1) is 6.54 Å². The standard InChI is InChI=1S/C23H26N4O3/c1-13-5-6-17-15(9-13)11-16-12-23(20(28)25(3)22(30)26(4)21(23)29)18-10-14(2)7-8-27(18)19(16)24-17/h5-6,9,11,14,18H,7-8,10,12H2,1-4H3/p+1/t14-,18-/m1/s1. The lowest BCUT2D eigenvalue weighted by Crippen LogP contribution is -2.72. The molecule has 2 fully saturated rings. The molecular weight excluding hydrogens is 380 g/mol. The van der Waals surface area contributed by atoms with Crippen LogP contribution in [0.1, 0.15) is 30.9 Å². The molecule has 3 aliphatic rings. The van der Waals surface area contributed by atoms with Gasteiger partial charge in [0, 0.05) is 31.5 Å². The van der Waals surface area contributed by atoms with Gasteiger partial charge in [-0.2, -0.15) is 0 Å². The van der Waals surface area contributed by atoms with E-state index in [2.05, 4.69) is 41.1 Å². The molecule has 4 heterocycles. The number of barbiturate groups is 1. The van der Waals surface area contributed by atoms with Crippen LogP contribution in [0.5, 0.6) is 0 Å². The minimum absolute atomic E-state index is 0.272. The lowest BCUT2D eigenvalue weighted by molar-refractivity contribution is -0.333. The number of aromatic nitrogens is 1. The molecule has 0 saturated carbocycles. The number of anilines is 1. The van der Waals surface area contributed by atoms with Crippen LogP contribution in [0.25, 0.3) is 10.9 Å². The minimum atomic E-state index is -1.27. The number of fused-ring (bicyclic) bond motifs is 5. The molecular formula is C23H27N4O3+. The van der Waals surface area contributed by atoms with Gasteiger partial charge in [0.25, 0.3) is 17.6 Å². The van der Waals surface area contributed by atoms with Crippen molar-refractivity contribution in [3.8, 4) is 0 Å². The molecule has 2 atom stereocenters. The van der Waals surface area contributed by atoms with Gasteiger partial charge < -0.3 is 0 Å². The normalized spacial score (nSPS) is 25.7. The van der Waals surface area contributed by atoms with Crippen molar-refractivity contribution in [2.45, 2.75) is 39.2 Å². The lowest BCUT2D eigenvalue weighted by atomic mass is 9.65. The third-order valence-corrected chi connectivity index (χ3v) is 7.23. The zero-order valence-corrected chi connectivity index (χ0v) is 17.9. The Kier molecular flexibility index (Phi) is 3.98. The quantitative estimate of drug-likeness (QED) is 0.627. The predicted molar refractivity (Wildman–Crippen MR) is 112 cm³/mol. The zero-order chi connectivity index (χ0) is 21.4. The molecule has 7 nitrogen and oxygen atoms in total. The number of rotatable bonds is 0. The molecule has 5 rings (SSSR count). The number of hydrogen-bond donors (Lipinski definition) is 0. The largest absolute Gasteiger partial charge is 0.332 e. The summed E-state index contributed by atoms with van der Waals surface area (Å²) in [5.41, 5.74) is 1.88. The second-order valence-electron chi connectivity index (χ2n) is 9.23. The number of aryl methyl sites for hydroxylation is 1. The fourth-order valence-corrected chi connectivity index (χ4v) is 5.59. The van der Waals surface area contributed by atoms with E-state index in [1.54, 1.807) is 0 Å². The number of imide groups is 2. The summed E-state index contributed by atoms with van der Waals surface area (Å²) in [6, 6.07) is 7.53. The Hall–Kier alpha value is -2.96. The summed E-state index contributed by atoms with van der Waals surface area (Å²) >= 11 is 0. The number of amides is 4. The monoisotopic (exact) mass is 407 g/mol. The highest BCUT2D eigenvalue weighted by Gasteiger charge is 2.66. The number of aromatic amines is 1. The molecule has 1 aromatic carbocycles. The molecule has 156 valence electrons. The number of pyridine rings is 1. The third kappa shape index (κ3) is 2.38. The van der Waals surface area contributed by atoms with Crippen molar-refractivity contribution in [3.63, 3.8) is 0 Å². The van der Waals surface area contributed by atoms with E-state index in [9.17, 15) is 14.4 Å². The maximum Gasteiger partial charge on any atom is 0.332 e. The van der Waals surface area contributed by atoms with E-state index < -0.39 is 11.4 Å². The van der Waals surface area contributed by atoms with Gasteiger partial charge in [0.1, 0.15) is 11.6 Å². The van der Waals surface area contributed by atoms with Gasteiger partial charge in [-0.1, -0.05) is 18.6 Å². The van der Waals surface area contributed by atoms with E-state index in [0.29, 0.717) is 12.3 Å². The molecule has 0 unspecified atom stereocenters. The topological polar surface area (TPSA) is 75.1 Å². The number of benzene rings is 1. The van der Waals surface area contributed by atoms with E-state index in [1.807, 2.05) is 6.92 Å². The number of urea groups is 1. The number of H-pyrrole nitrogens is 1. The van der Waals surface area contributed by atoms with Crippen LogP contribution < -0.4 is 9.88 Å². The highest BCUT2D eigenvalue weighted by molar-refractivity contribution is 6.20. The van der Waals surface area contributed by atoms with Crippen LogP contribution in [0.4, 0.5) is 10.6 Å². The first-order valence-corrected chi connectivity index (χ1v) is 10.6.